The molecule has 1 amide bonds. The lowest BCUT2D eigenvalue weighted by atomic mass is 10.0. The van der Waals surface area contributed by atoms with E-state index < -0.39 is 17.1 Å². The molecule has 0 saturated carbocycles. The predicted octanol–water partition coefficient (Wildman–Crippen LogP) is 2.92. The molecule has 4 heterocycles. The first-order valence-electron chi connectivity index (χ1n) is 11.3. The quantitative estimate of drug-likeness (QED) is 0.479. The highest BCUT2D eigenvalue weighted by atomic mass is 32.1. The third kappa shape index (κ3) is 5.65. The smallest absolute Gasteiger partial charge is 0.425 e. The summed E-state index contributed by atoms with van der Waals surface area (Å²) in [5, 5.41) is 7.46. The molecule has 3 aromatic rings. The van der Waals surface area contributed by atoms with Crippen molar-refractivity contribution in [3.05, 3.63) is 40.4 Å². The Kier molecular flexibility index (Phi) is 7.85. The average molecular weight is 526 g/mol. The van der Waals surface area contributed by atoms with Crippen molar-refractivity contribution in [2.45, 2.75) is 45.3 Å². The summed E-state index contributed by atoms with van der Waals surface area (Å²) in [5.74, 6) is 0.153. The second kappa shape index (κ2) is 10.9. The Morgan fingerprint density at radius 3 is 2.67 bits per heavy atom. The van der Waals surface area contributed by atoms with Crippen LogP contribution in [0, 0.1) is 0 Å². The number of thiophene rings is 1. The van der Waals surface area contributed by atoms with Crippen molar-refractivity contribution in [3.63, 3.8) is 0 Å². The number of amides is 1. The summed E-state index contributed by atoms with van der Waals surface area (Å²) in [5.41, 5.74) is 0.739. The molecule has 1 aliphatic heterocycles. The first kappa shape index (κ1) is 26.0. The highest BCUT2D eigenvalue weighted by molar-refractivity contribution is 7.12. The van der Waals surface area contributed by atoms with Crippen molar-refractivity contribution in [3.8, 4) is 17.1 Å². The molecule has 0 spiro atoms. The minimum absolute atomic E-state index is 0.101. The number of carbonyl (C=O) groups excluding carboxylic acids is 1. The summed E-state index contributed by atoms with van der Waals surface area (Å²) < 4.78 is 52.9. The summed E-state index contributed by atoms with van der Waals surface area (Å²) in [6.07, 6.45) is -0.237. The second-order valence-electron chi connectivity index (χ2n) is 8.19. The number of carbonyl (C=O) groups is 1. The molecule has 1 aliphatic rings. The van der Waals surface area contributed by atoms with Gasteiger partial charge in [0.25, 0.3) is 0 Å². The topological polar surface area (TPSA) is 107 Å². The standard InChI is InChI=1S/C22H26F3N7O3S/c1-4-35-21-27-7-14(8-28-21)15-5-17(22(23,24)25)36-20(15)16-9-26-6-13(2)32(16)19(33)10-31-12-29-18(30-31)11-34-3/h5,7-8,12-13,16,26H,4,6,9-11H2,1-3H3. The highest BCUT2D eigenvalue weighted by Gasteiger charge is 2.39. The van der Waals surface area contributed by atoms with E-state index in [0.717, 1.165) is 6.07 Å². The van der Waals surface area contributed by atoms with Crippen molar-refractivity contribution in [2.75, 3.05) is 26.8 Å². The second-order valence-corrected chi connectivity index (χ2v) is 9.27. The van der Waals surface area contributed by atoms with Crippen LogP contribution >= 0.6 is 11.3 Å². The average Bonchev–Trinajstić information content (AvgIpc) is 3.47. The fraction of sp³-hybridized carbons (Fsp3) is 0.500. The van der Waals surface area contributed by atoms with E-state index in [2.05, 4.69) is 25.4 Å². The third-order valence-electron chi connectivity index (χ3n) is 5.59. The molecule has 0 aliphatic carbocycles. The van der Waals surface area contributed by atoms with E-state index in [1.54, 1.807) is 11.8 Å². The van der Waals surface area contributed by atoms with Crippen molar-refractivity contribution in [1.29, 1.82) is 0 Å². The lowest BCUT2D eigenvalue weighted by molar-refractivity contribution is -0.138. The Morgan fingerprint density at radius 2 is 2.00 bits per heavy atom. The largest absolute Gasteiger partial charge is 0.464 e. The first-order valence-corrected chi connectivity index (χ1v) is 12.1. The first-order chi connectivity index (χ1) is 17.2. The van der Waals surface area contributed by atoms with Gasteiger partial charge in [-0.3, -0.25) is 4.79 Å². The zero-order valence-electron chi connectivity index (χ0n) is 19.9. The zero-order valence-corrected chi connectivity index (χ0v) is 20.8. The number of halogens is 3. The van der Waals surface area contributed by atoms with Crippen LogP contribution in [0.25, 0.3) is 11.1 Å². The molecule has 0 aromatic carbocycles. The Balaban J connectivity index is 1.69. The fourth-order valence-corrected chi connectivity index (χ4v) is 5.22. The summed E-state index contributed by atoms with van der Waals surface area (Å²) in [7, 11) is 1.52. The molecule has 1 fully saturated rings. The van der Waals surface area contributed by atoms with Gasteiger partial charge in [-0.05, 0) is 19.9 Å². The number of ether oxygens (including phenoxy) is 2. The maximum Gasteiger partial charge on any atom is 0.425 e. The predicted molar refractivity (Wildman–Crippen MR) is 124 cm³/mol. The van der Waals surface area contributed by atoms with Crippen molar-refractivity contribution in [1.82, 2.24) is 34.9 Å². The van der Waals surface area contributed by atoms with Crippen molar-refractivity contribution >= 4 is 17.2 Å². The van der Waals surface area contributed by atoms with E-state index in [1.807, 2.05) is 6.92 Å². The highest BCUT2D eigenvalue weighted by Crippen LogP contribution is 2.45. The number of aromatic nitrogens is 5. The molecule has 3 aromatic heterocycles. The number of piperazine rings is 1. The number of nitrogens with zero attached hydrogens (tertiary/aromatic N) is 6. The summed E-state index contributed by atoms with van der Waals surface area (Å²) in [4.78, 5) is 27.0. The molecule has 0 radical (unpaired) electrons. The van der Waals surface area contributed by atoms with Gasteiger partial charge in [0, 0.05) is 54.6 Å². The summed E-state index contributed by atoms with van der Waals surface area (Å²) in [6.45, 7) is 4.91. The van der Waals surface area contributed by atoms with Gasteiger partial charge in [-0.2, -0.15) is 18.3 Å². The number of alkyl halides is 3. The molecule has 194 valence electrons. The monoisotopic (exact) mass is 525 g/mol. The van der Waals surface area contributed by atoms with Crippen LogP contribution in [-0.4, -0.2) is 68.4 Å². The van der Waals surface area contributed by atoms with Crippen molar-refractivity contribution in [2.24, 2.45) is 0 Å². The van der Waals surface area contributed by atoms with E-state index in [4.69, 9.17) is 9.47 Å². The minimum atomic E-state index is -4.54. The molecule has 36 heavy (non-hydrogen) atoms. The van der Waals surface area contributed by atoms with Crippen LogP contribution in [0.3, 0.4) is 0 Å². The number of hydrogen-bond donors (Lipinski definition) is 1. The number of methoxy groups -OCH3 is 1. The molecular weight excluding hydrogens is 499 g/mol. The van der Waals surface area contributed by atoms with Gasteiger partial charge in [-0.25, -0.2) is 19.6 Å². The van der Waals surface area contributed by atoms with Gasteiger partial charge in [-0.1, -0.05) is 0 Å². The van der Waals surface area contributed by atoms with Crippen LogP contribution in [-0.2, 0) is 28.9 Å². The van der Waals surface area contributed by atoms with Gasteiger partial charge >= 0.3 is 12.2 Å². The molecule has 10 nitrogen and oxygen atoms in total. The number of nitrogens with one attached hydrogen (secondary N) is 1. The Morgan fingerprint density at radius 1 is 1.25 bits per heavy atom. The van der Waals surface area contributed by atoms with Gasteiger partial charge < -0.3 is 19.7 Å². The zero-order chi connectivity index (χ0) is 25.9. The molecule has 2 unspecified atom stereocenters. The number of hydrogen-bond acceptors (Lipinski definition) is 9. The molecule has 4 rings (SSSR count). The fourth-order valence-electron chi connectivity index (χ4n) is 4.07. The SMILES string of the molecule is CCOc1ncc(-c2cc(C(F)(F)F)sc2C2CNCC(C)N2C(=O)Cn2cnc(COC)n2)cn1. The van der Waals surface area contributed by atoms with Gasteiger partial charge in [0.2, 0.25) is 5.91 Å². The lowest BCUT2D eigenvalue weighted by Gasteiger charge is -2.41. The van der Waals surface area contributed by atoms with E-state index in [-0.39, 0.29) is 31.1 Å². The van der Waals surface area contributed by atoms with Gasteiger partial charge in [0.15, 0.2) is 5.82 Å². The molecule has 2 atom stereocenters. The van der Waals surface area contributed by atoms with Gasteiger partial charge in [0.1, 0.15) is 24.4 Å². The Hall–Kier alpha value is -3.10. The molecule has 1 N–H and O–H groups in total. The van der Waals surface area contributed by atoms with Gasteiger partial charge in [-0.15, -0.1) is 11.3 Å². The van der Waals surface area contributed by atoms with E-state index in [1.165, 1.54) is 30.5 Å². The molecule has 1 saturated heterocycles. The van der Waals surface area contributed by atoms with Crippen molar-refractivity contribution < 1.29 is 27.4 Å². The van der Waals surface area contributed by atoms with Crippen LogP contribution in [0.4, 0.5) is 13.2 Å². The number of rotatable bonds is 8. The Labute approximate surface area is 209 Å². The normalized spacial score (nSPS) is 18.4. The maximum absolute atomic E-state index is 13.7. The maximum atomic E-state index is 13.7. The third-order valence-corrected chi connectivity index (χ3v) is 6.87. The van der Waals surface area contributed by atoms with Crippen LogP contribution < -0.4 is 10.1 Å². The Bertz CT molecular complexity index is 1180. The van der Waals surface area contributed by atoms with E-state index in [0.29, 0.717) is 52.9 Å². The van der Waals surface area contributed by atoms with Gasteiger partial charge in [0.05, 0.1) is 12.6 Å². The summed E-state index contributed by atoms with van der Waals surface area (Å²) >= 11 is 0.625. The van der Waals surface area contributed by atoms with Crippen LogP contribution in [0.1, 0.15) is 35.5 Å². The van der Waals surface area contributed by atoms with Crippen LogP contribution in [0.5, 0.6) is 6.01 Å². The molecular formula is C22H26F3N7O3S. The van der Waals surface area contributed by atoms with Crippen LogP contribution in [0.15, 0.2) is 24.8 Å². The van der Waals surface area contributed by atoms with Crippen LogP contribution in [0.2, 0.25) is 0 Å². The summed E-state index contributed by atoms with van der Waals surface area (Å²) in [6, 6.07) is 0.333. The molecule has 14 heteroatoms. The van der Waals surface area contributed by atoms with E-state index >= 15 is 0 Å². The van der Waals surface area contributed by atoms with E-state index in [9.17, 15) is 18.0 Å². The lowest BCUT2D eigenvalue weighted by Crippen LogP contribution is -2.54. The molecule has 0 bridgehead atoms. The minimum Gasteiger partial charge on any atom is -0.464 e.